The maximum absolute atomic E-state index is 12.9. The van der Waals surface area contributed by atoms with E-state index in [1.54, 1.807) is 61.5 Å². The maximum atomic E-state index is 12.9. The van der Waals surface area contributed by atoms with Crippen molar-refractivity contribution >= 4 is 33.1 Å². The summed E-state index contributed by atoms with van der Waals surface area (Å²) in [6.07, 6.45) is 0. The van der Waals surface area contributed by atoms with Gasteiger partial charge in [0.25, 0.3) is 15.9 Å². The molecule has 1 amide bonds. The summed E-state index contributed by atoms with van der Waals surface area (Å²) in [4.78, 5) is 24.0. The lowest BCUT2D eigenvalue weighted by Crippen LogP contribution is -2.16. The van der Waals surface area contributed by atoms with Gasteiger partial charge in [-0.2, -0.15) is 0 Å². The Labute approximate surface area is 176 Å². The summed E-state index contributed by atoms with van der Waals surface area (Å²) in [5, 5.41) is 2.70. The lowest BCUT2D eigenvalue weighted by atomic mass is 10.1. The van der Waals surface area contributed by atoms with E-state index in [0.29, 0.717) is 28.1 Å². The van der Waals surface area contributed by atoms with Crippen molar-refractivity contribution in [2.75, 3.05) is 10.0 Å². The van der Waals surface area contributed by atoms with Crippen LogP contribution in [0.3, 0.4) is 0 Å². The van der Waals surface area contributed by atoms with Crippen LogP contribution in [0.15, 0.2) is 71.6 Å². The van der Waals surface area contributed by atoms with Gasteiger partial charge in [-0.15, -0.1) is 0 Å². The molecule has 6 nitrogen and oxygen atoms in total. The summed E-state index contributed by atoms with van der Waals surface area (Å²) >= 11 is 0. The number of ketones is 1. The van der Waals surface area contributed by atoms with E-state index in [0.717, 1.165) is 5.56 Å². The normalized spacial score (nSPS) is 11.0. The molecule has 0 aromatic heterocycles. The minimum Gasteiger partial charge on any atom is -0.322 e. The number of Topliss-reactive ketones (excluding diaryl/α,β-unsaturated/α-hetero) is 1. The van der Waals surface area contributed by atoms with Crippen molar-refractivity contribution in [3.63, 3.8) is 0 Å². The summed E-state index contributed by atoms with van der Waals surface area (Å²) in [5.41, 5.74) is 3.18. The molecule has 0 aliphatic heterocycles. The van der Waals surface area contributed by atoms with Crippen molar-refractivity contribution in [2.24, 2.45) is 0 Å². The first-order chi connectivity index (χ1) is 14.2. The number of anilines is 2. The molecule has 0 unspecified atom stereocenters. The van der Waals surface area contributed by atoms with Crippen LogP contribution in [0.4, 0.5) is 11.4 Å². The van der Waals surface area contributed by atoms with Crippen LogP contribution >= 0.6 is 0 Å². The van der Waals surface area contributed by atoms with Gasteiger partial charge in [0.15, 0.2) is 5.78 Å². The van der Waals surface area contributed by atoms with E-state index < -0.39 is 15.9 Å². The molecule has 0 saturated carbocycles. The first-order valence-electron chi connectivity index (χ1n) is 9.28. The molecular formula is C23H22N2O4S. The number of nitrogens with one attached hydrogen (secondary N) is 2. The Morgan fingerprint density at radius 1 is 0.800 bits per heavy atom. The number of amides is 1. The topological polar surface area (TPSA) is 92.3 Å². The van der Waals surface area contributed by atoms with E-state index in [-0.39, 0.29) is 10.7 Å². The highest BCUT2D eigenvalue weighted by molar-refractivity contribution is 7.92. The van der Waals surface area contributed by atoms with Gasteiger partial charge in [0.2, 0.25) is 0 Å². The second kappa shape index (κ2) is 8.51. The van der Waals surface area contributed by atoms with E-state index >= 15 is 0 Å². The van der Waals surface area contributed by atoms with Gasteiger partial charge in [0.05, 0.1) is 4.90 Å². The van der Waals surface area contributed by atoms with E-state index in [1.165, 1.54) is 13.0 Å². The third-order valence-corrected chi connectivity index (χ3v) is 6.08. The summed E-state index contributed by atoms with van der Waals surface area (Å²) in [7, 11) is -3.84. The van der Waals surface area contributed by atoms with Crippen molar-refractivity contribution < 1.29 is 18.0 Å². The molecule has 3 aromatic carbocycles. The molecule has 0 spiro atoms. The van der Waals surface area contributed by atoms with Gasteiger partial charge in [0, 0.05) is 22.5 Å². The van der Waals surface area contributed by atoms with E-state index in [2.05, 4.69) is 10.0 Å². The minimum atomic E-state index is -3.84. The standard InChI is InChI=1S/C23H22N2O4S/c1-15-5-4-6-21(13-15)25-30(28,29)22-14-20(12-7-16(22)2)24-23(27)19-10-8-18(9-11-19)17(3)26/h4-14,25H,1-3H3,(H,24,27). The van der Waals surface area contributed by atoms with Crippen LogP contribution in [0.5, 0.6) is 0 Å². The molecule has 3 aromatic rings. The number of hydrogen-bond donors (Lipinski definition) is 2. The highest BCUT2D eigenvalue weighted by Crippen LogP contribution is 2.24. The molecule has 7 heteroatoms. The highest BCUT2D eigenvalue weighted by Gasteiger charge is 2.18. The van der Waals surface area contributed by atoms with Crippen molar-refractivity contribution in [1.29, 1.82) is 0 Å². The molecular weight excluding hydrogens is 400 g/mol. The zero-order valence-electron chi connectivity index (χ0n) is 16.9. The zero-order chi connectivity index (χ0) is 21.9. The molecule has 2 N–H and O–H groups in total. The first-order valence-corrected chi connectivity index (χ1v) is 10.8. The lowest BCUT2D eigenvalue weighted by molar-refractivity contribution is 0.100. The molecule has 0 bridgehead atoms. The lowest BCUT2D eigenvalue weighted by Gasteiger charge is -2.13. The minimum absolute atomic E-state index is 0.0775. The number of sulfonamides is 1. The largest absolute Gasteiger partial charge is 0.322 e. The Balaban J connectivity index is 1.83. The number of benzene rings is 3. The Morgan fingerprint density at radius 2 is 1.47 bits per heavy atom. The van der Waals surface area contributed by atoms with E-state index in [4.69, 9.17) is 0 Å². The Morgan fingerprint density at radius 3 is 2.10 bits per heavy atom. The molecule has 0 atom stereocenters. The van der Waals surface area contributed by atoms with E-state index in [1.807, 2.05) is 13.0 Å². The van der Waals surface area contributed by atoms with Gasteiger partial charge in [-0.05, 0) is 68.3 Å². The van der Waals surface area contributed by atoms with Crippen LogP contribution in [0.1, 0.15) is 38.8 Å². The van der Waals surface area contributed by atoms with Crippen molar-refractivity contribution in [3.8, 4) is 0 Å². The molecule has 30 heavy (non-hydrogen) atoms. The molecule has 0 saturated heterocycles. The SMILES string of the molecule is CC(=O)c1ccc(C(=O)Nc2ccc(C)c(S(=O)(=O)Nc3cccc(C)c3)c2)cc1. The first kappa shape index (κ1) is 21.3. The van der Waals surface area contributed by atoms with Crippen LogP contribution in [0.25, 0.3) is 0 Å². The van der Waals surface area contributed by atoms with Crippen LogP contribution in [0, 0.1) is 13.8 Å². The number of hydrogen-bond acceptors (Lipinski definition) is 4. The number of carbonyl (C=O) groups excluding carboxylic acids is 2. The number of aryl methyl sites for hydroxylation is 2. The summed E-state index contributed by atoms with van der Waals surface area (Å²) < 4.78 is 28.3. The predicted molar refractivity (Wildman–Crippen MR) is 118 cm³/mol. The van der Waals surface area contributed by atoms with Gasteiger partial charge in [0.1, 0.15) is 0 Å². The molecule has 0 aliphatic rings. The summed E-state index contributed by atoms with van der Waals surface area (Å²) in [6, 6.07) is 18.0. The average molecular weight is 423 g/mol. The molecule has 0 fully saturated rings. The molecule has 0 radical (unpaired) electrons. The summed E-state index contributed by atoms with van der Waals surface area (Å²) in [6.45, 7) is 5.02. The van der Waals surface area contributed by atoms with E-state index in [9.17, 15) is 18.0 Å². The quantitative estimate of drug-likeness (QED) is 0.570. The van der Waals surface area contributed by atoms with Crippen LogP contribution in [0.2, 0.25) is 0 Å². The fourth-order valence-electron chi connectivity index (χ4n) is 2.95. The van der Waals surface area contributed by atoms with Gasteiger partial charge in [-0.25, -0.2) is 8.42 Å². The van der Waals surface area contributed by atoms with Crippen LogP contribution in [-0.2, 0) is 10.0 Å². The highest BCUT2D eigenvalue weighted by atomic mass is 32.2. The average Bonchev–Trinajstić information content (AvgIpc) is 2.69. The Hall–Kier alpha value is -3.45. The second-order valence-corrected chi connectivity index (χ2v) is 8.69. The van der Waals surface area contributed by atoms with Crippen molar-refractivity contribution in [3.05, 3.63) is 89.0 Å². The molecule has 0 aliphatic carbocycles. The molecule has 3 rings (SSSR count). The van der Waals surface area contributed by atoms with Gasteiger partial charge >= 0.3 is 0 Å². The van der Waals surface area contributed by atoms with Gasteiger partial charge in [-0.1, -0.05) is 30.3 Å². The fraction of sp³-hybridized carbons (Fsp3) is 0.130. The molecule has 0 heterocycles. The molecule has 154 valence electrons. The zero-order valence-corrected chi connectivity index (χ0v) is 17.7. The number of rotatable bonds is 6. The number of carbonyl (C=O) groups is 2. The monoisotopic (exact) mass is 422 g/mol. The van der Waals surface area contributed by atoms with Crippen LogP contribution < -0.4 is 10.0 Å². The second-order valence-electron chi connectivity index (χ2n) is 7.04. The summed E-state index contributed by atoms with van der Waals surface area (Å²) in [5.74, 6) is -0.486. The van der Waals surface area contributed by atoms with Crippen molar-refractivity contribution in [2.45, 2.75) is 25.7 Å². The Bertz CT molecular complexity index is 1220. The van der Waals surface area contributed by atoms with Gasteiger partial charge in [-0.3, -0.25) is 14.3 Å². The van der Waals surface area contributed by atoms with Crippen molar-refractivity contribution in [1.82, 2.24) is 0 Å². The van der Waals surface area contributed by atoms with Crippen LogP contribution in [-0.4, -0.2) is 20.1 Å². The van der Waals surface area contributed by atoms with Gasteiger partial charge < -0.3 is 5.32 Å². The fourth-order valence-corrected chi connectivity index (χ4v) is 4.27. The third-order valence-electron chi connectivity index (χ3n) is 4.56. The third kappa shape index (κ3) is 4.93. The predicted octanol–water partition coefficient (Wildman–Crippen LogP) is 4.56. The smallest absolute Gasteiger partial charge is 0.262 e. The Kier molecular flexibility index (Phi) is 6.03. The maximum Gasteiger partial charge on any atom is 0.262 e.